The van der Waals surface area contributed by atoms with Crippen molar-refractivity contribution >= 4 is 11.6 Å². The first-order valence-corrected chi connectivity index (χ1v) is 6.93. The molecule has 20 heavy (non-hydrogen) atoms. The topological polar surface area (TPSA) is 59.6 Å². The number of carbonyl (C=O) groups is 1. The predicted octanol–water partition coefficient (Wildman–Crippen LogP) is 1.79. The minimum Gasteiger partial charge on any atom is -0.497 e. The third-order valence-electron chi connectivity index (χ3n) is 3.65. The summed E-state index contributed by atoms with van der Waals surface area (Å²) in [6, 6.07) is 7.57. The van der Waals surface area contributed by atoms with E-state index in [1.165, 1.54) is 0 Å². The Morgan fingerprint density at radius 1 is 1.25 bits per heavy atom. The van der Waals surface area contributed by atoms with Gasteiger partial charge in [-0.3, -0.25) is 4.79 Å². The molecule has 2 atom stereocenters. The van der Waals surface area contributed by atoms with E-state index < -0.39 is 0 Å². The quantitative estimate of drug-likeness (QED) is 0.833. The Balaban J connectivity index is 1.77. The van der Waals surface area contributed by atoms with Gasteiger partial charge >= 0.3 is 0 Å². The molecule has 5 heteroatoms. The molecule has 1 aromatic rings. The molecule has 1 fully saturated rings. The van der Waals surface area contributed by atoms with E-state index in [0.717, 1.165) is 30.7 Å². The van der Waals surface area contributed by atoms with Crippen molar-refractivity contribution in [2.24, 2.45) is 0 Å². The van der Waals surface area contributed by atoms with Crippen molar-refractivity contribution in [1.82, 2.24) is 5.32 Å². The first-order chi connectivity index (χ1) is 9.72. The lowest BCUT2D eigenvalue weighted by Gasteiger charge is -2.19. The van der Waals surface area contributed by atoms with Crippen LogP contribution in [0.1, 0.15) is 19.3 Å². The SMILES string of the molecule is COc1ccc(NC(=O)CNC2CCCC2OC)cc1. The highest BCUT2D eigenvalue weighted by Crippen LogP contribution is 2.21. The van der Waals surface area contributed by atoms with Gasteiger partial charge in [0.15, 0.2) is 0 Å². The lowest BCUT2D eigenvalue weighted by Crippen LogP contribution is -2.41. The van der Waals surface area contributed by atoms with Crippen LogP contribution in [0, 0.1) is 0 Å². The van der Waals surface area contributed by atoms with Crippen LogP contribution in [0.25, 0.3) is 0 Å². The molecule has 0 heterocycles. The van der Waals surface area contributed by atoms with E-state index in [9.17, 15) is 4.79 Å². The fourth-order valence-corrected chi connectivity index (χ4v) is 2.54. The molecule has 0 radical (unpaired) electrons. The van der Waals surface area contributed by atoms with Crippen LogP contribution in [0.2, 0.25) is 0 Å². The molecule has 0 spiro atoms. The number of benzene rings is 1. The van der Waals surface area contributed by atoms with Crippen LogP contribution < -0.4 is 15.4 Å². The molecule has 2 unspecified atom stereocenters. The van der Waals surface area contributed by atoms with Gasteiger partial charge in [0, 0.05) is 18.8 Å². The summed E-state index contributed by atoms with van der Waals surface area (Å²) in [6.07, 6.45) is 3.50. The normalized spacial score (nSPS) is 21.7. The summed E-state index contributed by atoms with van der Waals surface area (Å²) in [6.45, 7) is 0.302. The highest BCUT2D eigenvalue weighted by molar-refractivity contribution is 5.92. The summed E-state index contributed by atoms with van der Waals surface area (Å²) >= 11 is 0. The summed E-state index contributed by atoms with van der Waals surface area (Å²) in [7, 11) is 3.34. The molecule has 1 saturated carbocycles. The zero-order valence-electron chi connectivity index (χ0n) is 12.0. The minimum atomic E-state index is -0.0445. The van der Waals surface area contributed by atoms with Gasteiger partial charge in [0.25, 0.3) is 0 Å². The largest absolute Gasteiger partial charge is 0.497 e. The lowest BCUT2D eigenvalue weighted by atomic mass is 10.2. The number of amides is 1. The lowest BCUT2D eigenvalue weighted by molar-refractivity contribution is -0.115. The smallest absolute Gasteiger partial charge is 0.238 e. The van der Waals surface area contributed by atoms with E-state index in [1.807, 2.05) is 24.3 Å². The highest BCUT2D eigenvalue weighted by atomic mass is 16.5. The average molecular weight is 278 g/mol. The molecule has 0 saturated heterocycles. The van der Waals surface area contributed by atoms with Gasteiger partial charge in [0.05, 0.1) is 19.8 Å². The van der Waals surface area contributed by atoms with E-state index in [4.69, 9.17) is 9.47 Å². The molecule has 0 aromatic heterocycles. The van der Waals surface area contributed by atoms with Crippen LogP contribution in [-0.4, -0.2) is 38.8 Å². The van der Waals surface area contributed by atoms with Gasteiger partial charge in [0.1, 0.15) is 5.75 Å². The van der Waals surface area contributed by atoms with Crippen molar-refractivity contribution in [1.29, 1.82) is 0 Å². The number of hydrogen-bond donors (Lipinski definition) is 2. The van der Waals surface area contributed by atoms with E-state index in [1.54, 1.807) is 14.2 Å². The van der Waals surface area contributed by atoms with E-state index >= 15 is 0 Å². The van der Waals surface area contributed by atoms with Crippen molar-refractivity contribution < 1.29 is 14.3 Å². The third-order valence-corrected chi connectivity index (χ3v) is 3.65. The summed E-state index contributed by atoms with van der Waals surface area (Å²) < 4.78 is 10.5. The predicted molar refractivity (Wildman–Crippen MR) is 78.1 cm³/mol. The molecular weight excluding hydrogens is 256 g/mol. The standard InChI is InChI=1S/C15H22N2O3/c1-19-12-8-6-11(7-9-12)17-15(18)10-16-13-4-3-5-14(13)20-2/h6-9,13-14,16H,3-5,10H2,1-2H3,(H,17,18). The Kier molecular flexibility index (Phi) is 5.38. The van der Waals surface area contributed by atoms with Gasteiger partial charge in [-0.25, -0.2) is 0 Å². The van der Waals surface area contributed by atoms with Crippen molar-refractivity contribution in [2.45, 2.75) is 31.4 Å². The Hall–Kier alpha value is -1.59. The Bertz CT molecular complexity index is 433. The molecule has 5 nitrogen and oxygen atoms in total. The maximum atomic E-state index is 11.9. The zero-order chi connectivity index (χ0) is 14.4. The number of hydrogen-bond acceptors (Lipinski definition) is 4. The van der Waals surface area contributed by atoms with Crippen molar-refractivity contribution in [3.8, 4) is 5.75 Å². The van der Waals surface area contributed by atoms with E-state index in [2.05, 4.69) is 10.6 Å². The Labute approximate surface area is 119 Å². The Morgan fingerprint density at radius 2 is 2.00 bits per heavy atom. The van der Waals surface area contributed by atoms with Gasteiger partial charge in [-0.1, -0.05) is 0 Å². The second kappa shape index (κ2) is 7.26. The molecule has 1 aromatic carbocycles. The highest BCUT2D eigenvalue weighted by Gasteiger charge is 2.26. The summed E-state index contributed by atoms with van der Waals surface area (Å²) in [5.41, 5.74) is 0.771. The number of carbonyl (C=O) groups excluding carboxylic acids is 1. The van der Waals surface area contributed by atoms with Crippen LogP contribution in [0.15, 0.2) is 24.3 Å². The maximum absolute atomic E-state index is 11.9. The van der Waals surface area contributed by atoms with Gasteiger partial charge in [0.2, 0.25) is 5.91 Å². The monoisotopic (exact) mass is 278 g/mol. The second-order valence-electron chi connectivity index (χ2n) is 4.97. The number of rotatable bonds is 6. The van der Waals surface area contributed by atoms with Crippen molar-refractivity contribution in [2.75, 3.05) is 26.1 Å². The van der Waals surface area contributed by atoms with Gasteiger partial charge in [-0.2, -0.15) is 0 Å². The van der Waals surface area contributed by atoms with Crippen molar-refractivity contribution in [3.05, 3.63) is 24.3 Å². The average Bonchev–Trinajstić information content (AvgIpc) is 2.93. The van der Waals surface area contributed by atoms with Crippen LogP contribution >= 0.6 is 0 Å². The van der Waals surface area contributed by atoms with E-state index in [-0.39, 0.29) is 18.1 Å². The van der Waals surface area contributed by atoms with Crippen LogP contribution in [0.5, 0.6) is 5.75 Å². The summed E-state index contributed by atoms with van der Waals surface area (Å²) in [5, 5.41) is 6.12. The molecule has 2 N–H and O–H groups in total. The van der Waals surface area contributed by atoms with Gasteiger partial charge in [-0.05, 0) is 43.5 Å². The number of nitrogens with one attached hydrogen (secondary N) is 2. The van der Waals surface area contributed by atoms with Crippen LogP contribution in [-0.2, 0) is 9.53 Å². The molecule has 0 aliphatic heterocycles. The van der Waals surface area contributed by atoms with Crippen LogP contribution in [0.3, 0.4) is 0 Å². The molecule has 110 valence electrons. The zero-order valence-corrected chi connectivity index (χ0v) is 12.0. The van der Waals surface area contributed by atoms with Gasteiger partial charge < -0.3 is 20.1 Å². The summed E-state index contributed by atoms with van der Waals surface area (Å²) in [5.74, 6) is 0.729. The number of ether oxygens (including phenoxy) is 2. The first kappa shape index (κ1) is 14.8. The molecule has 0 bridgehead atoms. The van der Waals surface area contributed by atoms with E-state index in [0.29, 0.717) is 6.54 Å². The third kappa shape index (κ3) is 3.95. The number of anilines is 1. The van der Waals surface area contributed by atoms with Crippen LogP contribution in [0.4, 0.5) is 5.69 Å². The number of methoxy groups -OCH3 is 2. The molecule has 1 amide bonds. The molecule has 1 aliphatic carbocycles. The fourth-order valence-electron chi connectivity index (χ4n) is 2.54. The molecular formula is C15H22N2O3. The minimum absolute atomic E-state index is 0.0445. The first-order valence-electron chi connectivity index (χ1n) is 6.93. The van der Waals surface area contributed by atoms with Crippen molar-refractivity contribution in [3.63, 3.8) is 0 Å². The second-order valence-corrected chi connectivity index (χ2v) is 4.97. The molecule has 2 rings (SSSR count). The maximum Gasteiger partial charge on any atom is 0.238 e. The summed E-state index contributed by atoms with van der Waals surface area (Å²) in [4.78, 5) is 11.9. The molecule has 1 aliphatic rings. The van der Waals surface area contributed by atoms with Gasteiger partial charge in [-0.15, -0.1) is 0 Å². The Morgan fingerprint density at radius 3 is 2.65 bits per heavy atom. The fraction of sp³-hybridized carbons (Fsp3) is 0.533.